The number of rotatable bonds is 3. The molecule has 0 N–H and O–H groups in total. The minimum absolute atomic E-state index is 0. The quantitative estimate of drug-likeness (QED) is 0.411. The third-order valence-electron chi connectivity index (χ3n) is 6.13. The Kier molecular flexibility index (Phi) is 12.9. The second-order valence-corrected chi connectivity index (χ2v) is 12.8. The first-order valence-electron chi connectivity index (χ1n) is 9.32. The van der Waals surface area contributed by atoms with Gasteiger partial charge in [0.2, 0.25) is 0 Å². The van der Waals surface area contributed by atoms with Gasteiger partial charge in [0, 0.05) is 8.07 Å². The molecule has 0 bridgehead atoms. The van der Waals surface area contributed by atoms with Gasteiger partial charge in [0.15, 0.2) is 0 Å². The van der Waals surface area contributed by atoms with Crippen LogP contribution in [0.25, 0.3) is 0 Å². The van der Waals surface area contributed by atoms with Crippen LogP contribution >= 0.6 is 0 Å². The van der Waals surface area contributed by atoms with Crippen molar-refractivity contribution in [1.29, 1.82) is 0 Å². The zero-order valence-electron chi connectivity index (χ0n) is 17.6. The van der Waals surface area contributed by atoms with Crippen molar-refractivity contribution in [2.45, 2.75) is 85.9 Å². The molecule has 0 nitrogen and oxygen atoms in total. The first-order valence-corrected chi connectivity index (χ1v) is 11.9. The van der Waals surface area contributed by atoms with Crippen LogP contribution in [-0.2, 0) is 26.2 Å². The van der Waals surface area contributed by atoms with Crippen molar-refractivity contribution in [3.63, 3.8) is 0 Å². The van der Waals surface area contributed by atoms with Crippen molar-refractivity contribution in [1.82, 2.24) is 0 Å². The molecule has 3 aliphatic rings. The van der Waals surface area contributed by atoms with Gasteiger partial charge < -0.3 is 24.8 Å². The van der Waals surface area contributed by atoms with Crippen molar-refractivity contribution < 1.29 is 51.0 Å². The normalized spacial score (nSPS) is 21.6. The van der Waals surface area contributed by atoms with Crippen LogP contribution in [0, 0.1) is 17.6 Å². The van der Waals surface area contributed by atoms with Gasteiger partial charge in [-0.1, -0.05) is 84.4 Å². The number of halogens is 2. The van der Waals surface area contributed by atoms with Crippen LogP contribution in [0.3, 0.4) is 0 Å². The van der Waals surface area contributed by atoms with E-state index in [1.54, 1.807) is 17.3 Å². The minimum atomic E-state index is -0.922. The average molecular weight is 489 g/mol. The summed E-state index contributed by atoms with van der Waals surface area (Å²) in [5.74, 6) is 0. The molecule has 144 valence electrons. The van der Waals surface area contributed by atoms with E-state index in [1.165, 1.54) is 47.6 Å². The molecule has 2 aliphatic carbocycles. The van der Waals surface area contributed by atoms with Crippen LogP contribution in [-0.4, -0.2) is 8.07 Å². The molecule has 1 fully saturated rings. The van der Waals surface area contributed by atoms with Crippen molar-refractivity contribution >= 4 is 8.07 Å². The molecule has 0 unspecified atom stereocenters. The van der Waals surface area contributed by atoms with Gasteiger partial charge in [0.1, 0.15) is 0 Å². The summed E-state index contributed by atoms with van der Waals surface area (Å²) in [5, 5.41) is 1.68. The van der Waals surface area contributed by atoms with E-state index in [0.717, 1.165) is 0 Å². The third-order valence-corrected chi connectivity index (χ3v) is 11.7. The number of hydrogen-bond donors (Lipinski definition) is 0. The van der Waals surface area contributed by atoms with E-state index in [2.05, 4.69) is 66.7 Å². The molecule has 0 aromatic carbocycles. The summed E-state index contributed by atoms with van der Waals surface area (Å²) in [6.45, 7) is 15.5. The van der Waals surface area contributed by atoms with Gasteiger partial charge in [0.05, 0.1) is 0 Å². The van der Waals surface area contributed by atoms with E-state index in [4.69, 9.17) is 0 Å². The largest absolute Gasteiger partial charge is 4.00 e. The molecule has 0 atom stereocenters. The Bertz CT molecular complexity index is 593. The van der Waals surface area contributed by atoms with Crippen LogP contribution in [0.4, 0.5) is 0 Å². The van der Waals surface area contributed by atoms with Crippen LogP contribution in [0.15, 0.2) is 33.6 Å². The van der Waals surface area contributed by atoms with Crippen LogP contribution < -0.4 is 24.8 Å². The van der Waals surface area contributed by atoms with Crippen molar-refractivity contribution in [3.05, 3.63) is 45.7 Å². The van der Waals surface area contributed by atoms with Gasteiger partial charge >= 0.3 is 26.2 Å². The maximum atomic E-state index is 3.62. The maximum absolute atomic E-state index is 3.62. The van der Waals surface area contributed by atoms with Crippen LogP contribution in [0.2, 0.25) is 18.1 Å². The first-order chi connectivity index (χ1) is 10.7. The summed E-state index contributed by atoms with van der Waals surface area (Å²) in [5.41, 5.74) is 5.86. The second-order valence-electron chi connectivity index (χ2n) is 8.24. The first kappa shape index (κ1) is 28.8. The Morgan fingerprint density at radius 3 is 1.88 bits per heavy atom. The number of allylic oxidation sites excluding steroid dienone is 8. The summed E-state index contributed by atoms with van der Waals surface area (Å²) in [7, 11) is -0.922. The summed E-state index contributed by atoms with van der Waals surface area (Å²) < 4.78 is 0. The SMILES string of the molecule is CC1=[C-]C(C)(C)C(C)=C1C.CCC[Si]1(C2=CCC(C)=[C-]2)CCC1.[Cl-].[Cl-].[Zr+4]. The molecule has 1 saturated heterocycles. The topological polar surface area (TPSA) is 0 Å². The third kappa shape index (κ3) is 6.33. The zero-order chi connectivity index (χ0) is 17.3. The Hall–Kier alpha value is 0.640. The predicted octanol–water partition coefficient (Wildman–Crippen LogP) is 0.985. The minimum Gasteiger partial charge on any atom is -1.00 e. The molecular weight excluding hydrogens is 454 g/mol. The molecule has 0 aromatic heterocycles. The van der Waals surface area contributed by atoms with E-state index in [1.807, 2.05) is 0 Å². The summed E-state index contributed by atoms with van der Waals surface area (Å²) in [6.07, 6.45) is 13.6. The van der Waals surface area contributed by atoms with Crippen molar-refractivity contribution in [2.75, 3.05) is 0 Å². The summed E-state index contributed by atoms with van der Waals surface area (Å²) in [6, 6.07) is 4.61. The van der Waals surface area contributed by atoms with Crippen LogP contribution in [0.1, 0.15) is 67.7 Å². The average Bonchev–Trinajstić information content (AvgIpc) is 2.94. The Balaban J connectivity index is 0. The molecular formula is C22H34Cl2SiZr. The van der Waals surface area contributed by atoms with Gasteiger partial charge in [0.25, 0.3) is 0 Å². The van der Waals surface area contributed by atoms with Crippen molar-refractivity contribution in [2.24, 2.45) is 5.41 Å². The fourth-order valence-corrected chi connectivity index (χ4v) is 8.56. The van der Waals surface area contributed by atoms with E-state index in [0.29, 0.717) is 0 Å². The molecule has 0 radical (unpaired) electrons. The number of hydrogen-bond acceptors (Lipinski definition) is 0. The molecule has 3 rings (SSSR count). The monoisotopic (exact) mass is 486 g/mol. The summed E-state index contributed by atoms with van der Waals surface area (Å²) in [4.78, 5) is 0. The van der Waals surface area contributed by atoms with Gasteiger partial charge in [-0.3, -0.25) is 12.2 Å². The van der Waals surface area contributed by atoms with Gasteiger partial charge in [-0.15, -0.1) is 6.92 Å². The van der Waals surface area contributed by atoms with E-state index < -0.39 is 8.07 Å². The molecule has 26 heavy (non-hydrogen) atoms. The molecule has 0 spiro atoms. The van der Waals surface area contributed by atoms with E-state index in [9.17, 15) is 0 Å². The Morgan fingerprint density at radius 1 is 1.08 bits per heavy atom. The van der Waals surface area contributed by atoms with E-state index in [-0.39, 0.29) is 56.4 Å². The van der Waals surface area contributed by atoms with Gasteiger partial charge in [-0.25, -0.2) is 16.8 Å². The Labute approximate surface area is 195 Å². The standard InChI is InChI=1S/C12H19Si.C10H15.2ClH.Zr/c1-3-7-13(8-4-9-13)12-6-5-11(2)10-12;1-7-6-10(4,5)9(3)8(7)2;;;/h6H,3-5,7-9H2,1-2H3;1-5H3;2*1H;/q2*-1;;;+4/p-2. The molecule has 1 aliphatic heterocycles. The molecule has 0 amide bonds. The Morgan fingerprint density at radius 2 is 1.65 bits per heavy atom. The van der Waals surface area contributed by atoms with Gasteiger partial charge in [-0.2, -0.15) is 16.7 Å². The second kappa shape index (κ2) is 11.6. The van der Waals surface area contributed by atoms with Crippen molar-refractivity contribution in [3.8, 4) is 0 Å². The fraction of sp³-hybridized carbons (Fsp3) is 0.636. The smallest absolute Gasteiger partial charge is 1.00 e. The molecule has 0 aromatic rings. The maximum Gasteiger partial charge on any atom is 4.00 e. The van der Waals surface area contributed by atoms with E-state index >= 15 is 0 Å². The predicted molar refractivity (Wildman–Crippen MR) is 105 cm³/mol. The molecule has 1 heterocycles. The van der Waals surface area contributed by atoms with Crippen LogP contribution in [0.5, 0.6) is 0 Å². The fourth-order valence-electron chi connectivity index (χ4n) is 4.08. The molecule has 4 heteroatoms. The summed E-state index contributed by atoms with van der Waals surface area (Å²) >= 11 is 0. The molecule has 0 saturated carbocycles. The zero-order valence-corrected chi connectivity index (χ0v) is 22.5. The van der Waals surface area contributed by atoms with Gasteiger partial charge in [-0.05, 0) is 0 Å².